The molecule has 0 heterocycles. The van der Waals surface area contributed by atoms with Crippen molar-refractivity contribution in [3.8, 4) is 11.5 Å². The highest BCUT2D eigenvalue weighted by molar-refractivity contribution is 7.90. The molecule has 120 valence electrons. The van der Waals surface area contributed by atoms with Gasteiger partial charge in [-0.2, -0.15) is 0 Å². The number of ether oxygens (including phenoxy) is 2. The number of nitrogens with one attached hydrogen (secondary N) is 1. The Morgan fingerprint density at radius 1 is 1.29 bits per heavy atom. The third-order valence-electron chi connectivity index (χ3n) is 2.75. The summed E-state index contributed by atoms with van der Waals surface area (Å²) in [6.07, 6.45) is 0.448. The zero-order valence-corrected chi connectivity index (χ0v) is 13.4. The van der Waals surface area contributed by atoms with E-state index in [0.717, 1.165) is 0 Å². The van der Waals surface area contributed by atoms with Crippen LogP contribution in [0.15, 0.2) is 24.3 Å². The Labute approximate surface area is 126 Å². The lowest BCUT2D eigenvalue weighted by molar-refractivity contribution is 0.103. The third-order valence-corrected chi connectivity index (χ3v) is 3.86. The lowest BCUT2D eigenvalue weighted by atomic mass is 10.3. The van der Waals surface area contributed by atoms with Gasteiger partial charge < -0.3 is 19.9 Å². The van der Waals surface area contributed by atoms with Crippen LogP contribution in [0, 0.1) is 0 Å². The number of aliphatic hydroxyl groups is 1. The SMILES string of the molecule is COc1ccccc1OCC(O)CNC(C)CS(C)(=O)=O. The van der Waals surface area contributed by atoms with E-state index < -0.39 is 15.9 Å². The first-order valence-electron chi connectivity index (χ1n) is 6.67. The lowest BCUT2D eigenvalue weighted by Gasteiger charge is -2.17. The predicted molar refractivity (Wildman–Crippen MR) is 81.7 cm³/mol. The molecular weight excluding hydrogens is 294 g/mol. The molecule has 2 unspecified atom stereocenters. The van der Waals surface area contributed by atoms with E-state index in [1.807, 2.05) is 12.1 Å². The van der Waals surface area contributed by atoms with Crippen molar-refractivity contribution < 1.29 is 23.0 Å². The quantitative estimate of drug-likeness (QED) is 0.688. The van der Waals surface area contributed by atoms with E-state index in [0.29, 0.717) is 11.5 Å². The van der Waals surface area contributed by atoms with Crippen LogP contribution in [0.3, 0.4) is 0 Å². The summed E-state index contributed by atoms with van der Waals surface area (Å²) in [6.45, 7) is 2.11. The topological polar surface area (TPSA) is 84.9 Å². The fraction of sp³-hybridized carbons (Fsp3) is 0.571. The highest BCUT2D eigenvalue weighted by Crippen LogP contribution is 2.25. The molecule has 1 rings (SSSR count). The summed E-state index contributed by atoms with van der Waals surface area (Å²) in [6, 6.07) is 6.95. The molecule has 0 saturated carbocycles. The first-order chi connectivity index (χ1) is 9.81. The van der Waals surface area contributed by atoms with Crippen LogP contribution in [0.4, 0.5) is 0 Å². The van der Waals surface area contributed by atoms with Crippen LogP contribution in [0.5, 0.6) is 11.5 Å². The summed E-state index contributed by atoms with van der Waals surface area (Å²) in [7, 11) is -1.48. The van der Waals surface area contributed by atoms with Crippen molar-refractivity contribution in [2.75, 3.05) is 32.3 Å². The summed E-state index contributed by atoms with van der Waals surface area (Å²) < 4.78 is 32.9. The number of para-hydroxylation sites is 2. The molecule has 0 aliphatic carbocycles. The van der Waals surface area contributed by atoms with Crippen molar-refractivity contribution in [1.82, 2.24) is 5.32 Å². The summed E-state index contributed by atoms with van der Waals surface area (Å²) in [5.41, 5.74) is 0. The van der Waals surface area contributed by atoms with Gasteiger partial charge in [0.1, 0.15) is 22.5 Å². The smallest absolute Gasteiger partial charge is 0.161 e. The Balaban J connectivity index is 2.36. The molecule has 0 radical (unpaired) electrons. The number of methoxy groups -OCH3 is 1. The van der Waals surface area contributed by atoms with Crippen LogP contribution in [0.25, 0.3) is 0 Å². The maximum absolute atomic E-state index is 11.1. The monoisotopic (exact) mass is 317 g/mol. The Kier molecular flexibility index (Phi) is 6.94. The van der Waals surface area contributed by atoms with Crippen molar-refractivity contribution in [1.29, 1.82) is 0 Å². The largest absolute Gasteiger partial charge is 0.493 e. The second-order valence-corrected chi connectivity index (χ2v) is 7.20. The van der Waals surface area contributed by atoms with E-state index in [1.165, 1.54) is 6.26 Å². The Bertz CT molecular complexity index is 532. The van der Waals surface area contributed by atoms with Crippen LogP contribution in [-0.2, 0) is 9.84 Å². The third kappa shape index (κ3) is 7.31. The number of sulfone groups is 1. The average molecular weight is 317 g/mol. The predicted octanol–water partition coefficient (Wildman–Crippen LogP) is 0.458. The molecule has 2 N–H and O–H groups in total. The molecule has 0 aromatic heterocycles. The number of aliphatic hydroxyl groups excluding tert-OH is 1. The fourth-order valence-electron chi connectivity index (χ4n) is 1.83. The van der Waals surface area contributed by atoms with Gasteiger partial charge >= 0.3 is 0 Å². The normalized spacial score (nSPS) is 14.5. The van der Waals surface area contributed by atoms with E-state index in [-0.39, 0.29) is 24.9 Å². The molecule has 0 bridgehead atoms. The van der Waals surface area contributed by atoms with Crippen LogP contribution in [-0.4, -0.2) is 57.9 Å². The van der Waals surface area contributed by atoms with Gasteiger partial charge in [-0.15, -0.1) is 0 Å². The Hall–Kier alpha value is -1.31. The standard InChI is InChI=1S/C14H23NO5S/c1-11(10-21(3,17)18)15-8-12(16)9-20-14-7-5-4-6-13(14)19-2/h4-7,11-12,15-16H,8-10H2,1-3H3. The first kappa shape index (κ1) is 17.7. The summed E-state index contributed by atoms with van der Waals surface area (Å²) in [5.74, 6) is 1.19. The van der Waals surface area contributed by atoms with Gasteiger partial charge in [0.25, 0.3) is 0 Å². The van der Waals surface area contributed by atoms with Crippen molar-refractivity contribution in [3.63, 3.8) is 0 Å². The number of hydrogen-bond donors (Lipinski definition) is 2. The van der Waals surface area contributed by atoms with E-state index in [1.54, 1.807) is 26.2 Å². The van der Waals surface area contributed by atoms with Crippen LogP contribution in [0.2, 0.25) is 0 Å². The Morgan fingerprint density at radius 2 is 1.90 bits per heavy atom. The van der Waals surface area contributed by atoms with Crippen molar-refractivity contribution >= 4 is 9.84 Å². The van der Waals surface area contributed by atoms with Crippen molar-refractivity contribution in [2.24, 2.45) is 0 Å². The van der Waals surface area contributed by atoms with Gasteiger partial charge in [-0.25, -0.2) is 8.42 Å². The molecule has 6 nitrogen and oxygen atoms in total. The highest BCUT2D eigenvalue weighted by atomic mass is 32.2. The van der Waals surface area contributed by atoms with Gasteiger partial charge in [0.05, 0.1) is 12.9 Å². The molecule has 0 saturated heterocycles. The molecule has 7 heteroatoms. The van der Waals surface area contributed by atoms with Gasteiger partial charge in [-0.3, -0.25) is 0 Å². The molecule has 2 atom stereocenters. The van der Waals surface area contributed by atoms with Crippen molar-refractivity contribution in [3.05, 3.63) is 24.3 Å². The van der Waals surface area contributed by atoms with Crippen LogP contribution >= 0.6 is 0 Å². The summed E-state index contributed by atoms with van der Waals surface area (Å²) in [4.78, 5) is 0. The second kappa shape index (κ2) is 8.21. The molecule has 0 aliphatic rings. The lowest BCUT2D eigenvalue weighted by Crippen LogP contribution is -2.39. The van der Waals surface area contributed by atoms with E-state index in [4.69, 9.17) is 9.47 Å². The first-order valence-corrected chi connectivity index (χ1v) is 8.73. The van der Waals surface area contributed by atoms with Crippen LogP contribution < -0.4 is 14.8 Å². The number of hydrogen-bond acceptors (Lipinski definition) is 6. The van der Waals surface area contributed by atoms with Gasteiger partial charge in [-0.05, 0) is 19.1 Å². The number of benzene rings is 1. The van der Waals surface area contributed by atoms with E-state index in [9.17, 15) is 13.5 Å². The fourth-order valence-corrected chi connectivity index (χ4v) is 2.86. The minimum Gasteiger partial charge on any atom is -0.493 e. The van der Waals surface area contributed by atoms with Gasteiger partial charge in [-0.1, -0.05) is 12.1 Å². The van der Waals surface area contributed by atoms with Crippen molar-refractivity contribution in [2.45, 2.75) is 19.1 Å². The second-order valence-electron chi connectivity index (χ2n) is 5.02. The minimum absolute atomic E-state index is 0.0348. The average Bonchev–Trinajstić information content (AvgIpc) is 2.41. The zero-order valence-electron chi connectivity index (χ0n) is 12.6. The zero-order chi connectivity index (χ0) is 15.9. The minimum atomic E-state index is -3.03. The molecule has 0 fully saturated rings. The molecular formula is C14H23NO5S. The van der Waals surface area contributed by atoms with Gasteiger partial charge in [0, 0.05) is 18.8 Å². The molecule has 0 spiro atoms. The Morgan fingerprint density at radius 3 is 2.48 bits per heavy atom. The highest BCUT2D eigenvalue weighted by Gasteiger charge is 2.13. The number of rotatable bonds is 9. The van der Waals surface area contributed by atoms with E-state index in [2.05, 4.69) is 5.32 Å². The van der Waals surface area contributed by atoms with Gasteiger partial charge in [0.2, 0.25) is 0 Å². The molecule has 0 aliphatic heterocycles. The summed E-state index contributed by atoms with van der Waals surface area (Å²) in [5, 5.41) is 12.8. The molecule has 1 aromatic rings. The summed E-state index contributed by atoms with van der Waals surface area (Å²) >= 11 is 0. The van der Waals surface area contributed by atoms with Crippen LogP contribution in [0.1, 0.15) is 6.92 Å². The van der Waals surface area contributed by atoms with E-state index >= 15 is 0 Å². The maximum Gasteiger partial charge on any atom is 0.161 e. The molecule has 1 aromatic carbocycles. The molecule has 21 heavy (non-hydrogen) atoms. The molecule has 0 amide bonds. The van der Waals surface area contributed by atoms with Gasteiger partial charge in [0.15, 0.2) is 11.5 Å². The maximum atomic E-state index is 11.1.